The zero-order chi connectivity index (χ0) is 18.2. The quantitative estimate of drug-likeness (QED) is 0.847. The van der Waals surface area contributed by atoms with E-state index in [0.29, 0.717) is 17.7 Å². The Balaban J connectivity index is 2.02. The number of hydrogen-bond acceptors (Lipinski definition) is 5. The summed E-state index contributed by atoms with van der Waals surface area (Å²) in [5.41, 5.74) is 2.74. The first-order valence-corrected chi connectivity index (χ1v) is 9.56. The van der Waals surface area contributed by atoms with Crippen molar-refractivity contribution < 1.29 is 17.9 Å². The van der Waals surface area contributed by atoms with Crippen LogP contribution >= 0.6 is 0 Å². The highest BCUT2D eigenvalue weighted by molar-refractivity contribution is 7.92. The number of sulfonamides is 1. The van der Waals surface area contributed by atoms with Crippen LogP contribution in [0.4, 0.5) is 5.82 Å². The molecule has 0 saturated carbocycles. The molecule has 1 aliphatic rings. The standard InChI is InChI=1S/C18H20N2O4S/c1-11(2)17-16-13(8-9-24-18(16)21)10-15(19-17)20-25(22,23)14-6-4-12(3)5-7-14/h4-7,10-11H,8-9H2,1-3H3,(H,19,20). The largest absolute Gasteiger partial charge is 0.462 e. The van der Waals surface area contributed by atoms with E-state index in [-0.39, 0.29) is 23.2 Å². The first-order valence-electron chi connectivity index (χ1n) is 8.08. The summed E-state index contributed by atoms with van der Waals surface area (Å²) in [4.78, 5) is 16.6. The smallest absolute Gasteiger partial charge is 0.340 e. The Labute approximate surface area is 147 Å². The molecule has 0 fully saturated rings. The molecule has 0 spiro atoms. The zero-order valence-corrected chi connectivity index (χ0v) is 15.2. The number of fused-ring (bicyclic) bond motifs is 1. The molecule has 1 aromatic carbocycles. The summed E-state index contributed by atoms with van der Waals surface area (Å²) in [6.07, 6.45) is 0.544. The number of carbonyl (C=O) groups excluding carboxylic acids is 1. The van der Waals surface area contributed by atoms with Gasteiger partial charge in [0.2, 0.25) is 0 Å². The minimum Gasteiger partial charge on any atom is -0.462 e. The van der Waals surface area contributed by atoms with Crippen LogP contribution < -0.4 is 4.72 Å². The Morgan fingerprint density at radius 3 is 2.52 bits per heavy atom. The van der Waals surface area contributed by atoms with Crippen molar-refractivity contribution in [3.05, 3.63) is 52.7 Å². The van der Waals surface area contributed by atoms with Crippen molar-refractivity contribution in [2.45, 2.75) is 38.0 Å². The van der Waals surface area contributed by atoms with Crippen molar-refractivity contribution in [3.63, 3.8) is 0 Å². The van der Waals surface area contributed by atoms with Crippen molar-refractivity contribution in [1.82, 2.24) is 4.98 Å². The SMILES string of the molecule is Cc1ccc(S(=O)(=O)Nc2cc3c(c(C(C)C)n2)C(=O)OCC3)cc1. The van der Waals surface area contributed by atoms with Crippen molar-refractivity contribution in [1.29, 1.82) is 0 Å². The van der Waals surface area contributed by atoms with Gasteiger partial charge >= 0.3 is 5.97 Å². The van der Waals surface area contributed by atoms with Crippen LogP contribution in [0.5, 0.6) is 0 Å². The second-order valence-corrected chi connectivity index (χ2v) is 8.07. The monoisotopic (exact) mass is 360 g/mol. The Morgan fingerprint density at radius 2 is 1.88 bits per heavy atom. The van der Waals surface area contributed by atoms with Gasteiger partial charge in [-0.15, -0.1) is 0 Å². The number of aromatic nitrogens is 1. The fraction of sp³-hybridized carbons (Fsp3) is 0.333. The van der Waals surface area contributed by atoms with Crippen LogP contribution in [-0.4, -0.2) is 26.0 Å². The number of aryl methyl sites for hydroxylation is 1. The van der Waals surface area contributed by atoms with E-state index in [1.54, 1.807) is 30.3 Å². The molecule has 132 valence electrons. The van der Waals surface area contributed by atoms with Gasteiger partial charge in [0.15, 0.2) is 0 Å². The molecule has 0 aliphatic carbocycles. The Morgan fingerprint density at radius 1 is 1.20 bits per heavy atom. The summed E-state index contributed by atoms with van der Waals surface area (Å²) in [6, 6.07) is 8.20. The lowest BCUT2D eigenvalue weighted by Gasteiger charge is -2.21. The number of esters is 1. The molecule has 0 amide bonds. The molecule has 2 heterocycles. The van der Waals surface area contributed by atoms with Gasteiger partial charge in [-0.25, -0.2) is 18.2 Å². The topological polar surface area (TPSA) is 85.4 Å². The average Bonchev–Trinajstić information content (AvgIpc) is 2.54. The Kier molecular flexibility index (Phi) is 4.51. The third kappa shape index (κ3) is 3.51. The first-order chi connectivity index (χ1) is 11.8. The van der Waals surface area contributed by atoms with Crippen LogP contribution in [0.15, 0.2) is 35.2 Å². The molecule has 1 aliphatic heterocycles. The Hall–Kier alpha value is -2.41. The fourth-order valence-corrected chi connectivity index (χ4v) is 3.75. The second-order valence-electron chi connectivity index (χ2n) is 6.39. The van der Waals surface area contributed by atoms with Crippen molar-refractivity contribution >= 4 is 21.8 Å². The lowest BCUT2D eigenvalue weighted by Crippen LogP contribution is -2.23. The minimum atomic E-state index is -3.74. The minimum absolute atomic E-state index is 0.0387. The number of benzene rings is 1. The van der Waals surface area contributed by atoms with Crippen LogP contribution in [-0.2, 0) is 21.2 Å². The van der Waals surface area contributed by atoms with Crippen LogP contribution in [0.2, 0.25) is 0 Å². The van der Waals surface area contributed by atoms with Crippen LogP contribution in [0.1, 0.15) is 46.9 Å². The number of pyridine rings is 1. The highest BCUT2D eigenvalue weighted by Gasteiger charge is 2.27. The van der Waals surface area contributed by atoms with E-state index in [2.05, 4.69) is 9.71 Å². The van der Waals surface area contributed by atoms with Crippen molar-refractivity contribution in [2.24, 2.45) is 0 Å². The van der Waals surface area contributed by atoms with Crippen molar-refractivity contribution in [3.8, 4) is 0 Å². The van der Waals surface area contributed by atoms with Gasteiger partial charge in [0.1, 0.15) is 5.82 Å². The number of nitrogens with one attached hydrogen (secondary N) is 1. The van der Waals surface area contributed by atoms with E-state index in [1.165, 1.54) is 0 Å². The Bertz CT molecular complexity index is 919. The predicted molar refractivity (Wildman–Crippen MR) is 94.3 cm³/mol. The molecule has 0 saturated heterocycles. The fourth-order valence-electron chi connectivity index (χ4n) is 2.76. The number of carbonyl (C=O) groups is 1. The summed E-state index contributed by atoms with van der Waals surface area (Å²) < 4.78 is 32.8. The van der Waals surface area contributed by atoms with E-state index < -0.39 is 16.0 Å². The lowest BCUT2D eigenvalue weighted by molar-refractivity contribution is 0.0477. The second kappa shape index (κ2) is 6.48. The number of nitrogens with zero attached hydrogens (tertiary/aromatic N) is 1. The van der Waals surface area contributed by atoms with Gasteiger partial charge in [-0.05, 0) is 36.6 Å². The van der Waals surface area contributed by atoms with E-state index in [4.69, 9.17) is 4.74 Å². The van der Waals surface area contributed by atoms with Crippen LogP contribution in [0.25, 0.3) is 0 Å². The van der Waals surface area contributed by atoms with Gasteiger partial charge in [-0.1, -0.05) is 31.5 Å². The number of cyclic esters (lactones) is 1. The molecule has 2 aromatic rings. The molecule has 7 heteroatoms. The molecular weight excluding hydrogens is 340 g/mol. The van der Waals surface area contributed by atoms with Gasteiger partial charge in [0.05, 0.1) is 22.8 Å². The third-order valence-electron chi connectivity index (χ3n) is 4.05. The summed E-state index contributed by atoms with van der Waals surface area (Å²) in [7, 11) is -3.74. The number of anilines is 1. The van der Waals surface area contributed by atoms with Gasteiger partial charge in [-0.2, -0.15) is 0 Å². The maximum absolute atomic E-state index is 12.6. The summed E-state index contributed by atoms with van der Waals surface area (Å²) in [5.74, 6) is -0.216. The third-order valence-corrected chi connectivity index (χ3v) is 5.43. The van der Waals surface area contributed by atoms with E-state index in [1.807, 2.05) is 20.8 Å². The maximum atomic E-state index is 12.6. The predicted octanol–water partition coefficient (Wildman–Crippen LogP) is 3.03. The highest BCUT2D eigenvalue weighted by Crippen LogP contribution is 2.28. The first kappa shape index (κ1) is 17.4. The highest BCUT2D eigenvalue weighted by atomic mass is 32.2. The molecule has 1 aromatic heterocycles. The van der Waals surface area contributed by atoms with Gasteiger partial charge in [-0.3, -0.25) is 4.72 Å². The van der Waals surface area contributed by atoms with Gasteiger partial charge in [0.25, 0.3) is 10.0 Å². The molecule has 6 nitrogen and oxygen atoms in total. The number of rotatable bonds is 4. The molecule has 0 radical (unpaired) electrons. The molecular formula is C18H20N2O4S. The average molecular weight is 360 g/mol. The summed E-state index contributed by atoms with van der Waals surface area (Å²) in [5, 5.41) is 0. The lowest BCUT2D eigenvalue weighted by atomic mass is 9.96. The normalized spacial score (nSPS) is 14.2. The van der Waals surface area contributed by atoms with Gasteiger partial charge < -0.3 is 4.74 Å². The summed E-state index contributed by atoms with van der Waals surface area (Å²) in [6.45, 7) is 5.99. The number of hydrogen-bond donors (Lipinski definition) is 1. The maximum Gasteiger partial charge on any atom is 0.340 e. The van der Waals surface area contributed by atoms with E-state index >= 15 is 0 Å². The van der Waals surface area contributed by atoms with Gasteiger partial charge in [0, 0.05) is 6.42 Å². The molecule has 25 heavy (non-hydrogen) atoms. The van der Waals surface area contributed by atoms with Crippen LogP contribution in [0, 0.1) is 6.92 Å². The molecule has 0 atom stereocenters. The molecule has 0 unspecified atom stereocenters. The zero-order valence-electron chi connectivity index (χ0n) is 14.4. The number of ether oxygens (including phenoxy) is 1. The summed E-state index contributed by atoms with van der Waals surface area (Å²) >= 11 is 0. The molecule has 1 N–H and O–H groups in total. The molecule has 0 bridgehead atoms. The van der Waals surface area contributed by atoms with Crippen LogP contribution in [0.3, 0.4) is 0 Å². The van der Waals surface area contributed by atoms with Crippen molar-refractivity contribution in [2.75, 3.05) is 11.3 Å². The van der Waals surface area contributed by atoms with E-state index in [9.17, 15) is 13.2 Å². The van der Waals surface area contributed by atoms with E-state index in [0.717, 1.165) is 11.1 Å². The molecule has 3 rings (SSSR count).